The number of carbonyl (C=O) groups excluding carboxylic acids is 2. The zero-order chi connectivity index (χ0) is 21.3. The van der Waals surface area contributed by atoms with E-state index in [2.05, 4.69) is 11.9 Å². The van der Waals surface area contributed by atoms with Crippen LogP contribution in [0.5, 0.6) is 0 Å². The first-order chi connectivity index (χ1) is 14.4. The number of hydrogen-bond donors (Lipinski definition) is 0. The Hall–Kier alpha value is -2.76. The molecule has 158 valence electrons. The molecule has 2 aliphatic heterocycles. The van der Waals surface area contributed by atoms with E-state index in [4.69, 9.17) is 0 Å². The third-order valence-corrected chi connectivity index (χ3v) is 6.63. The van der Waals surface area contributed by atoms with Gasteiger partial charge >= 0.3 is 0 Å². The highest BCUT2D eigenvalue weighted by molar-refractivity contribution is 5.94. The molecule has 1 aromatic heterocycles. The van der Waals surface area contributed by atoms with Crippen molar-refractivity contribution in [2.75, 3.05) is 13.1 Å². The second kappa shape index (κ2) is 8.17. The summed E-state index contributed by atoms with van der Waals surface area (Å²) in [5.41, 5.74) is 1.85. The monoisotopic (exact) mass is 409 g/mol. The number of aromatic nitrogens is 1. The summed E-state index contributed by atoms with van der Waals surface area (Å²) in [6, 6.07) is 10.0. The van der Waals surface area contributed by atoms with Crippen LogP contribution in [0.15, 0.2) is 42.6 Å². The van der Waals surface area contributed by atoms with E-state index >= 15 is 0 Å². The summed E-state index contributed by atoms with van der Waals surface area (Å²) in [5, 5.41) is 0. The average molecular weight is 410 g/mol. The maximum atomic E-state index is 13.5. The van der Waals surface area contributed by atoms with Gasteiger partial charge in [-0.3, -0.25) is 14.6 Å². The molecule has 0 bridgehead atoms. The first-order valence-corrected chi connectivity index (χ1v) is 10.7. The van der Waals surface area contributed by atoms with Crippen molar-refractivity contribution < 1.29 is 14.0 Å². The van der Waals surface area contributed by atoms with Gasteiger partial charge in [-0.25, -0.2) is 4.39 Å². The lowest BCUT2D eigenvalue weighted by Crippen LogP contribution is -2.67. The molecule has 2 aliphatic rings. The standard InChI is InChI=1S/C24H28FN3O2/c1-17(29)28-13-4-8-22-24(28,2)10-5-12-27(22)23(30)19-9-11-26-21(16-19)15-18-6-3-7-20(25)14-18/h3,6-7,9,11,14,16,22H,4-5,8,10,12-13,15H2,1-2H3/t22-,24+/m1/s1. The number of pyridine rings is 1. The lowest BCUT2D eigenvalue weighted by atomic mass is 9.76. The number of nitrogens with zero attached hydrogens (tertiary/aromatic N) is 3. The highest BCUT2D eigenvalue weighted by Crippen LogP contribution is 2.39. The van der Waals surface area contributed by atoms with Crippen LogP contribution < -0.4 is 0 Å². The van der Waals surface area contributed by atoms with Gasteiger partial charge in [0.25, 0.3) is 5.91 Å². The SMILES string of the molecule is CC(=O)N1CCC[C@H]2N(C(=O)c3ccnc(Cc4cccc(F)c4)c3)CCC[C@@]21C. The summed E-state index contributed by atoms with van der Waals surface area (Å²) >= 11 is 0. The molecule has 1 aromatic carbocycles. The van der Waals surface area contributed by atoms with Crippen LogP contribution in [0, 0.1) is 5.82 Å². The molecule has 0 saturated carbocycles. The molecule has 6 heteroatoms. The van der Waals surface area contributed by atoms with Crippen molar-refractivity contribution >= 4 is 11.8 Å². The molecule has 2 aromatic rings. The van der Waals surface area contributed by atoms with Crippen molar-refractivity contribution in [3.05, 3.63) is 65.2 Å². The molecule has 0 aliphatic carbocycles. The molecular formula is C24H28FN3O2. The van der Waals surface area contributed by atoms with Crippen LogP contribution in [-0.2, 0) is 11.2 Å². The van der Waals surface area contributed by atoms with Crippen LogP contribution in [0.1, 0.15) is 61.1 Å². The smallest absolute Gasteiger partial charge is 0.254 e. The maximum Gasteiger partial charge on any atom is 0.254 e. The quantitative estimate of drug-likeness (QED) is 0.775. The number of fused-ring (bicyclic) bond motifs is 1. The number of amides is 2. The third-order valence-electron chi connectivity index (χ3n) is 6.63. The molecule has 2 saturated heterocycles. The molecule has 0 unspecified atom stereocenters. The van der Waals surface area contributed by atoms with Crippen molar-refractivity contribution in [1.82, 2.24) is 14.8 Å². The minimum absolute atomic E-state index is 0.0146. The van der Waals surface area contributed by atoms with Crippen LogP contribution >= 0.6 is 0 Å². The van der Waals surface area contributed by atoms with Crippen molar-refractivity contribution in [1.29, 1.82) is 0 Å². The number of rotatable bonds is 3. The summed E-state index contributed by atoms with van der Waals surface area (Å²) in [5.74, 6) is -0.211. The normalized spacial score (nSPS) is 23.8. The molecule has 2 fully saturated rings. The van der Waals surface area contributed by atoms with Gasteiger partial charge in [-0.15, -0.1) is 0 Å². The van der Waals surface area contributed by atoms with Gasteiger partial charge in [0.1, 0.15) is 5.82 Å². The number of benzene rings is 1. The Bertz CT molecular complexity index is 963. The number of hydrogen-bond acceptors (Lipinski definition) is 3. The lowest BCUT2D eigenvalue weighted by Gasteiger charge is -2.56. The largest absolute Gasteiger partial charge is 0.335 e. The van der Waals surface area contributed by atoms with E-state index < -0.39 is 0 Å². The molecule has 4 rings (SSSR count). The van der Waals surface area contributed by atoms with E-state index in [9.17, 15) is 14.0 Å². The maximum absolute atomic E-state index is 13.5. The zero-order valence-electron chi connectivity index (χ0n) is 17.6. The molecule has 5 nitrogen and oxygen atoms in total. The van der Waals surface area contributed by atoms with E-state index in [0.29, 0.717) is 18.5 Å². The summed E-state index contributed by atoms with van der Waals surface area (Å²) in [6.07, 6.45) is 5.73. The van der Waals surface area contributed by atoms with Gasteiger partial charge in [-0.05, 0) is 62.4 Å². The highest BCUT2D eigenvalue weighted by Gasteiger charge is 2.49. The Kier molecular flexibility index (Phi) is 5.58. The molecule has 2 atom stereocenters. The fourth-order valence-electron chi connectivity index (χ4n) is 5.24. The van der Waals surface area contributed by atoms with Crippen molar-refractivity contribution in [2.24, 2.45) is 0 Å². The first kappa shape index (κ1) is 20.5. The second-order valence-electron chi connectivity index (χ2n) is 8.63. The van der Waals surface area contributed by atoms with Crippen LogP contribution in [-0.4, -0.2) is 51.3 Å². The molecule has 0 N–H and O–H groups in total. The van der Waals surface area contributed by atoms with Gasteiger partial charge in [-0.1, -0.05) is 12.1 Å². The Labute approximate surface area is 176 Å². The van der Waals surface area contributed by atoms with E-state index in [1.54, 1.807) is 25.3 Å². The minimum Gasteiger partial charge on any atom is -0.335 e. The van der Waals surface area contributed by atoms with Gasteiger partial charge < -0.3 is 9.80 Å². The Morgan fingerprint density at radius 1 is 1.20 bits per heavy atom. The minimum atomic E-state index is -0.310. The molecule has 2 amide bonds. The van der Waals surface area contributed by atoms with Gasteiger partial charge in [0, 0.05) is 43.9 Å². The predicted octanol–water partition coefficient (Wildman–Crippen LogP) is 3.82. The lowest BCUT2D eigenvalue weighted by molar-refractivity contribution is -0.143. The number of carbonyl (C=O) groups is 2. The first-order valence-electron chi connectivity index (χ1n) is 10.7. The van der Waals surface area contributed by atoms with E-state index in [-0.39, 0.29) is 29.2 Å². The van der Waals surface area contributed by atoms with Crippen LogP contribution in [0.4, 0.5) is 4.39 Å². The molecule has 0 radical (unpaired) electrons. The fraction of sp³-hybridized carbons (Fsp3) is 0.458. The van der Waals surface area contributed by atoms with E-state index in [1.165, 1.54) is 12.1 Å². The van der Waals surface area contributed by atoms with Gasteiger partial charge in [-0.2, -0.15) is 0 Å². The Morgan fingerprint density at radius 3 is 2.80 bits per heavy atom. The average Bonchev–Trinajstić information content (AvgIpc) is 2.72. The third kappa shape index (κ3) is 3.83. The van der Waals surface area contributed by atoms with Crippen LogP contribution in [0.3, 0.4) is 0 Å². The summed E-state index contributed by atoms with van der Waals surface area (Å²) < 4.78 is 13.5. The number of piperidine rings is 2. The van der Waals surface area contributed by atoms with Crippen molar-refractivity contribution in [3.8, 4) is 0 Å². The van der Waals surface area contributed by atoms with E-state index in [0.717, 1.165) is 43.5 Å². The topological polar surface area (TPSA) is 53.5 Å². The summed E-state index contributed by atoms with van der Waals surface area (Å²) in [4.78, 5) is 34.0. The molecule has 3 heterocycles. The highest BCUT2D eigenvalue weighted by atomic mass is 19.1. The predicted molar refractivity (Wildman–Crippen MR) is 113 cm³/mol. The zero-order valence-corrected chi connectivity index (χ0v) is 17.6. The molecule has 30 heavy (non-hydrogen) atoms. The summed E-state index contributed by atoms with van der Waals surface area (Å²) in [6.45, 7) is 5.21. The van der Waals surface area contributed by atoms with Gasteiger partial charge in [0.15, 0.2) is 0 Å². The molecule has 0 spiro atoms. The Morgan fingerprint density at radius 2 is 2.03 bits per heavy atom. The van der Waals surface area contributed by atoms with Crippen molar-refractivity contribution in [2.45, 2.75) is 57.5 Å². The summed E-state index contributed by atoms with van der Waals surface area (Å²) in [7, 11) is 0. The second-order valence-corrected chi connectivity index (χ2v) is 8.63. The fourth-order valence-corrected chi connectivity index (χ4v) is 5.24. The van der Waals surface area contributed by atoms with Crippen LogP contribution in [0.25, 0.3) is 0 Å². The van der Waals surface area contributed by atoms with Crippen molar-refractivity contribution in [3.63, 3.8) is 0 Å². The number of halogens is 1. The van der Waals surface area contributed by atoms with E-state index in [1.807, 2.05) is 21.9 Å². The van der Waals surface area contributed by atoms with Crippen LogP contribution in [0.2, 0.25) is 0 Å². The Balaban J connectivity index is 1.57. The van der Waals surface area contributed by atoms with Gasteiger partial charge in [0.2, 0.25) is 5.91 Å². The molecular weight excluding hydrogens is 381 g/mol. The number of likely N-dealkylation sites (tertiary alicyclic amines) is 2. The van der Waals surface area contributed by atoms with Gasteiger partial charge in [0.05, 0.1) is 11.6 Å².